The fourth-order valence-electron chi connectivity index (χ4n) is 9.76. The van der Waals surface area contributed by atoms with Gasteiger partial charge in [0.2, 0.25) is 5.91 Å². The lowest BCUT2D eigenvalue weighted by Crippen LogP contribution is -2.66. The van der Waals surface area contributed by atoms with Crippen molar-refractivity contribution in [1.29, 1.82) is 0 Å². The van der Waals surface area contributed by atoms with Gasteiger partial charge in [-0.05, 0) is 77.0 Å². The van der Waals surface area contributed by atoms with Crippen molar-refractivity contribution in [2.75, 3.05) is 26.4 Å². The number of hydrogen-bond donors (Lipinski definition) is 12. The Morgan fingerprint density at radius 3 is 1.40 bits per heavy atom. The Balaban J connectivity index is 1.52. The molecule has 0 bridgehead atoms. The third-order valence-electron chi connectivity index (χ3n) is 14.7. The Morgan fingerprint density at radius 1 is 0.463 bits per heavy atom. The van der Waals surface area contributed by atoms with E-state index in [-0.39, 0.29) is 18.9 Å². The summed E-state index contributed by atoms with van der Waals surface area (Å²) in [5, 5.41) is 120. The normalized spacial score (nSPS) is 30.5. The molecule has 0 saturated carbocycles. The van der Waals surface area contributed by atoms with E-state index in [2.05, 4.69) is 79.9 Å². The summed E-state index contributed by atoms with van der Waals surface area (Å²) < 4.78 is 34.2. The molecule has 19 heteroatoms. The lowest BCUT2D eigenvalue weighted by molar-refractivity contribution is -0.379. The van der Waals surface area contributed by atoms with Crippen molar-refractivity contribution in [2.24, 2.45) is 0 Å². The second kappa shape index (κ2) is 43.8. The van der Waals surface area contributed by atoms with Crippen LogP contribution in [0.25, 0.3) is 0 Å². The van der Waals surface area contributed by atoms with E-state index in [4.69, 9.17) is 28.4 Å². The summed E-state index contributed by atoms with van der Waals surface area (Å²) in [6.45, 7) is 1.53. The summed E-state index contributed by atoms with van der Waals surface area (Å²) in [5.74, 6) is -0.322. The first-order valence-electron chi connectivity index (χ1n) is 30.2. The molecule has 3 heterocycles. The summed E-state index contributed by atoms with van der Waals surface area (Å²) in [6, 6.07) is -1.01. The number of allylic oxidation sites excluding steroid dienone is 11. The summed E-state index contributed by atoms with van der Waals surface area (Å²) in [4.78, 5) is 13.3. The second-order valence-corrected chi connectivity index (χ2v) is 21.4. The number of hydrogen-bond acceptors (Lipinski definition) is 18. The van der Waals surface area contributed by atoms with Crippen molar-refractivity contribution in [3.8, 4) is 0 Å². The van der Waals surface area contributed by atoms with E-state index in [9.17, 15) is 61.0 Å². The van der Waals surface area contributed by atoms with Crippen molar-refractivity contribution in [3.05, 3.63) is 72.9 Å². The van der Waals surface area contributed by atoms with E-state index in [0.717, 1.165) is 64.2 Å². The van der Waals surface area contributed by atoms with E-state index < -0.39 is 124 Å². The van der Waals surface area contributed by atoms with Gasteiger partial charge in [0.1, 0.15) is 73.2 Å². The van der Waals surface area contributed by atoms with E-state index in [1.54, 1.807) is 6.08 Å². The van der Waals surface area contributed by atoms with E-state index in [1.165, 1.54) is 77.0 Å². The number of ether oxygens (including phenoxy) is 6. The van der Waals surface area contributed by atoms with Gasteiger partial charge in [0.15, 0.2) is 18.9 Å². The Labute approximate surface area is 477 Å². The van der Waals surface area contributed by atoms with Crippen molar-refractivity contribution < 1.29 is 89.4 Å². The lowest BCUT2D eigenvalue weighted by atomic mass is 9.96. The maximum absolute atomic E-state index is 13.3. The standard InChI is InChI=1S/C61H105NO18/c1-3-5-7-9-11-13-15-17-18-19-20-21-22-23-24-25-27-28-30-32-34-36-38-45(66)44(62-49(67)39-37-35-33-31-29-26-16-14-12-10-8-6-4-2)43-75-59-55(73)52(70)57(47(41-64)77-59)80-61-56(74)53(71)58(48(42-65)78-61)79-60-54(72)51(69)50(68)46(40-63)76-60/h6,8,12,14,23-24,26,28-30,36,38,44-48,50-61,63-66,68-74H,3-5,7,9-11,13,15-22,25,27,31-35,37,39-43H2,1-2H3,(H,62,67)/b8-6-,14-12-,24-23+,29-26-,30-28+,38-36+. The van der Waals surface area contributed by atoms with Crippen molar-refractivity contribution in [1.82, 2.24) is 5.32 Å². The summed E-state index contributed by atoms with van der Waals surface area (Å²) >= 11 is 0. The molecule has 3 fully saturated rings. The molecule has 0 aliphatic carbocycles. The van der Waals surface area contributed by atoms with Gasteiger partial charge in [0.25, 0.3) is 0 Å². The molecule has 3 aliphatic heterocycles. The Bertz CT molecular complexity index is 1740. The maximum atomic E-state index is 13.3. The van der Waals surface area contributed by atoms with Gasteiger partial charge >= 0.3 is 0 Å². The summed E-state index contributed by atoms with van der Waals surface area (Å²) in [7, 11) is 0. The van der Waals surface area contributed by atoms with Crippen LogP contribution >= 0.6 is 0 Å². The predicted molar refractivity (Wildman–Crippen MR) is 305 cm³/mol. The number of carbonyl (C=O) groups excluding carboxylic acids is 1. The monoisotopic (exact) mass is 1140 g/mol. The number of amides is 1. The predicted octanol–water partition coefficient (Wildman–Crippen LogP) is 5.43. The quantitative estimate of drug-likeness (QED) is 0.0268. The zero-order valence-corrected chi connectivity index (χ0v) is 48.0. The van der Waals surface area contributed by atoms with Crippen molar-refractivity contribution in [3.63, 3.8) is 0 Å². The van der Waals surface area contributed by atoms with Gasteiger partial charge in [-0.2, -0.15) is 0 Å². The number of rotatable bonds is 43. The number of carbonyl (C=O) groups is 1. The number of aliphatic hydroxyl groups excluding tert-OH is 11. The average molecular weight is 1140 g/mol. The van der Waals surface area contributed by atoms with Crippen LogP contribution in [0.2, 0.25) is 0 Å². The highest BCUT2D eigenvalue weighted by Gasteiger charge is 2.53. The smallest absolute Gasteiger partial charge is 0.220 e. The minimum Gasteiger partial charge on any atom is -0.394 e. The number of nitrogens with one attached hydrogen (secondary N) is 1. The van der Waals surface area contributed by atoms with Crippen LogP contribution < -0.4 is 5.32 Å². The van der Waals surface area contributed by atoms with E-state index >= 15 is 0 Å². The van der Waals surface area contributed by atoms with Crippen LogP contribution in [0.5, 0.6) is 0 Å². The fraction of sp³-hybridized carbons (Fsp3) is 0.787. The minimum atomic E-state index is -1.99. The van der Waals surface area contributed by atoms with Gasteiger partial charge in [-0.1, -0.05) is 164 Å². The average Bonchev–Trinajstić information content (AvgIpc) is 3.46. The summed E-state index contributed by atoms with van der Waals surface area (Å²) in [5.41, 5.74) is 0. The van der Waals surface area contributed by atoms with Crippen LogP contribution in [-0.2, 0) is 33.2 Å². The van der Waals surface area contributed by atoms with Crippen LogP contribution in [0.3, 0.4) is 0 Å². The Morgan fingerprint density at radius 2 is 0.875 bits per heavy atom. The molecule has 0 aromatic heterocycles. The first-order valence-corrected chi connectivity index (χ1v) is 30.2. The van der Waals surface area contributed by atoms with Crippen LogP contribution in [0.15, 0.2) is 72.9 Å². The Kier molecular flexibility index (Phi) is 39.2. The molecule has 17 atom stereocenters. The number of unbranched alkanes of at least 4 members (excludes halogenated alkanes) is 17. The molecule has 0 spiro atoms. The zero-order chi connectivity index (χ0) is 58.3. The van der Waals surface area contributed by atoms with Crippen molar-refractivity contribution >= 4 is 5.91 Å². The highest BCUT2D eigenvalue weighted by atomic mass is 16.8. The van der Waals surface area contributed by atoms with Gasteiger partial charge in [0, 0.05) is 6.42 Å². The lowest BCUT2D eigenvalue weighted by Gasteiger charge is -2.48. The largest absolute Gasteiger partial charge is 0.394 e. The third kappa shape index (κ3) is 27.3. The third-order valence-corrected chi connectivity index (χ3v) is 14.7. The van der Waals surface area contributed by atoms with Gasteiger partial charge in [-0.25, -0.2) is 0 Å². The highest BCUT2D eigenvalue weighted by molar-refractivity contribution is 5.76. The first-order chi connectivity index (χ1) is 38.8. The zero-order valence-electron chi connectivity index (χ0n) is 48.0. The molecule has 3 saturated heterocycles. The van der Waals surface area contributed by atoms with Crippen molar-refractivity contribution in [2.45, 2.75) is 279 Å². The molecule has 17 unspecified atom stereocenters. The van der Waals surface area contributed by atoms with Gasteiger partial charge in [-0.15, -0.1) is 0 Å². The molecule has 1 amide bonds. The molecule has 3 rings (SSSR count). The molecule has 3 aliphatic rings. The first kappa shape index (κ1) is 71.5. The molecule has 462 valence electrons. The van der Waals surface area contributed by atoms with Gasteiger partial charge in [0.05, 0.1) is 38.6 Å². The van der Waals surface area contributed by atoms with Gasteiger partial charge < -0.3 is 89.9 Å². The van der Waals surface area contributed by atoms with Crippen LogP contribution in [0, 0.1) is 0 Å². The topological polar surface area (TPSA) is 307 Å². The molecule has 0 aromatic rings. The highest BCUT2D eigenvalue weighted by Crippen LogP contribution is 2.33. The fourth-order valence-corrected chi connectivity index (χ4v) is 9.76. The molecule has 0 radical (unpaired) electrons. The SMILES string of the molecule is CC/C=C\C/C=C\C/C=C\CCCCCC(=O)NC(COC1OC(CO)C(OC2OC(CO)C(OC3OC(CO)C(O)C(O)C3O)C(O)C2O)C(O)C1O)C(O)/C=C/CC/C=C/CC/C=C/CCCCCCCCCCCCCC. The van der Waals surface area contributed by atoms with E-state index in [1.807, 2.05) is 6.08 Å². The summed E-state index contributed by atoms with van der Waals surface area (Å²) in [6.07, 6.45) is 24.7. The minimum absolute atomic E-state index is 0.193. The second-order valence-electron chi connectivity index (χ2n) is 21.4. The van der Waals surface area contributed by atoms with Crippen LogP contribution in [0.1, 0.15) is 174 Å². The maximum Gasteiger partial charge on any atom is 0.220 e. The molecule has 19 nitrogen and oxygen atoms in total. The van der Waals surface area contributed by atoms with Crippen LogP contribution in [0.4, 0.5) is 0 Å². The molecular weight excluding hydrogens is 1030 g/mol. The number of aliphatic hydroxyl groups is 11. The van der Waals surface area contributed by atoms with E-state index in [0.29, 0.717) is 12.8 Å². The molecular formula is C61H105NO18. The van der Waals surface area contributed by atoms with Crippen LogP contribution in [-0.4, -0.2) is 193 Å². The Hall–Kier alpha value is -2.77. The molecule has 12 N–H and O–H groups in total. The van der Waals surface area contributed by atoms with Gasteiger partial charge in [-0.3, -0.25) is 4.79 Å². The molecule has 80 heavy (non-hydrogen) atoms. The molecule has 0 aromatic carbocycles.